The molecule has 1 aliphatic carbocycles. The van der Waals surface area contributed by atoms with Gasteiger partial charge in [0.2, 0.25) is 0 Å². The lowest BCUT2D eigenvalue weighted by Crippen LogP contribution is -2.41. The number of nitrogens with zero attached hydrogens (tertiary/aromatic N) is 2. The first-order valence-electron chi connectivity index (χ1n) is 7.84. The van der Waals surface area contributed by atoms with Crippen molar-refractivity contribution in [3.63, 3.8) is 0 Å². The Hall–Kier alpha value is -1.75. The number of allylic oxidation sites excluding steroid dienone is 4. The van der Waals surface area contributed by atoms with Crippen LogP contribution in [0.5, 0.6) is 0 Å². The van der Waals surface area contributed by atoms with Gasteiger partial charge in [0.25, 0.3) is 0 Å². The minimum Gasteiger partial charge on any atom is -0.368 e. The number of hydrogen-bond acceptors (Lipinski definition) is 3. The lowest BCUT2D eigenvalue weighted by atomic mass is 9.92. The number of aromatic nitrogens is 1. The molecule has 116 valence electrons. The van der Waals surface area contributed by atoms with Crippen molar-refractivity contribution in [2.45, 2.75) is 24.8 Å². The number of rotatable bonds is 2. The number of piperidine rings is 1. The molecular weight excluding hydrogens is 284 g/mol. The lowest BCUT2D eigenvalue weighted by Gasteiger charge is -2.33. The van der Waals surface area contributed by atoms with Gasteiger partial charge in [-0.3, -0.25) is 4.98 Å². The van der Waals surface area contributed by atoms with E-state index >= 15 is 0 Å². The zero-order valence-electron chi connectivity index (χ0n) is 12.3. The second-order valence-corrected chi connectivity index (χ2v) is 6.54. The summed E-state index contributed by atoms with van der Waals surface area (Å²) < 4.78 is 26.9. The summed E-state index contributed by atoms with van der Waals surface area (Å²) in [6, 6.07) is 2.58. The Morgan fingerprint density at radius 1 is 1.23 bits per heavy atom. The van der Waals surface area contributed by atoms with Crippen LogP contribution < -0.4 is 10.2 Å². The monoisotopic (exact) mass is 303 g/mol. The van der Waals surface area contributed by atoms with E-state index < -0.39 is 11.7 Å². The van der Waals surface area contributed by atoms with Crippen LogP contribution in [0.3, 0.4) is 0 Å². The summed E-state index contributed by atoms with van der Waals surface area (Å²) in [5.41, 5.74) is 1.93. The van der Waals surface area contributed by atoms with E-state index in [0.29, 0.717) is 12.0 Å². The highest BCUT2D eigenvalue weighted by Gasteiger charge is 2.32. The summed E-state index contributed by atoms with van der Waals surface area (Å²) in [4.78, 5) is 6.64. The predicted octanol–water partition coefficient (Wildman–Crippen LogP) is 3.07. The number of nitrogens with one attached hydrogen (secondary N) is 1. The molecule has 5 heteroatoms. The lowest BCUT2D eigenvalue weighted by molar-refractivity contribution is 0.474. The molecule has 4 rings (SSSR count). The maximum atomic E-state index is 13.5. The summed E-state index contributed by atoms with van der Waals surface area (Å²) in [7, 11) is 0. The Morgan fingerprint density at radius 3 is 2.95 bits per heavy atom. The van der Waals surface area contributed by atoms with Gasteiger partial charge in [-0.05, 0) is 30.0 Å². The van der Waals surface area contributed by atoms with Crippen LogP contribution in [-0.2, 0) is 0 Å². The first kappa shape index (κ1) is 13.9. The molecule has 22 heavy (non-hydrogen) atoms. The van der Waals surface area contributed by atoms with Crippen molar-refractivity contribution in [3.8, 4) is 0 Å². The molecule has 2 saturated heterocycles. The molecule has 3 heterocycles. The van der Waals surface area contributed by atoms with Gasteiger partial charge in [0.1, 0.15) is 11.7 Å². The smallest absolute Gasteiger partial charge is 0.122 e. The summed E-state index contributed by atoms with van der Waals surface area (Å²) in [6.45, 7) is 3.09. The molecule has 2 aliphatic heterocycles. The third-order valence-electron chi connectivity index (χ3n) is 4.84. The van der Waals surface area contributed by atoms with E-state index in [2.05, 4.69) is 15.2 Å². The largest absolute Gasteiger partial charge is 0.368 e. The van der Waals surface area contributed by atoms with Crippen LogP contribution >= 0.6 is 0 Å². The minimum absolute atomic E-state index is 0.214. The van der Waals surface area contributed by atoms with Crippen molar-refractivity contribution >= 4 is 5.69 Å². The van der Waals surface area contributed by atoms with E-state index in [9.17, 15) is 8.78 Å². The molecule has 3 aliphatic rings. The average molecular weight is 303 g/mol. The highest BCUT2D eigenvalue weighted by Crippen LogP contribution is 2.34. The maximum Gasteiger partial charge on any atom is 0.122 e. The first-order chi connectivity index (χ1) is 10.7. The van der Waals surface area contributed by atoms with Crippen LogP contribution in [0.4, 0.5) is 14.5 Å². The first-order valence-corrected chi connectivity index (χ1v) is 7.84. The summed E-state index contributed by atoms with van der Waals surface area (Å²) in [6.07, 6.45) is 7.46. The van der Waals surface area contributed by atoms with Crippen molar-refractivity contribution in [1.82, 2.24) is 10.3 Å². The molecule has 2 bridgehead atoms. The molecule has 3 atom stereocenters. The topological polar surface area (TPSA) is 28.2 Å². The molecule has 3 nitrogen and oxygen atoms in total. The molecule has 0 saturated carbocycles. The van der Waals surface area contributed by atoms with Gasteiger partial charge in [0, 0.05) is 50.3 Å². The second-order valence-electron chi connectivity index (χ2n) is 6.54. The predicted molar refractivity (Wildman–Crippen MR) is 82.1 cm³/mol. The zero-order chi connectivity index (χ0) is 15.1. The van der Waals surface area contributed by atoms with E-state index in [-0.39, 0.29) is 12.3 Å². The van der Waals surface area contributed by atoms with Crippen LogP contribution in [0, 0.1) is 5.92 Å². The molecule has 0 spiro atoms. The molecule has 1 N–H and O–H groups in total. The van der Waals surface area contributed by atoms with E-state index in [1.807, 2.05) is 12.3 Å². The highest BCUT2D eigenvalue weighted by molar-refractivity contribution is 5.49. The molecule has 0 radical (unpaired) electrons. The Labute approximate surface area is 128 Å². The second kappa shape index (κ2) is 5.47. The normalized spacial score (nSPS) is 31.0. The average Bonchev–Trinajstić information content (AvgIpc) is 2.85. The van der Waals surface area contributed by atoms with Gasteiger partial charge in [-0.15, -0.1) is 0 Å². The fourth-order valence-electron chi connectivity index (χ4n) is 3.80. The van der Waals surface area contributed by atoms with Gasteiger partial charge < -0.3 is 10.2 Å². The minimum atomic E-state index is -0.501. The van der Waals surface area contributed by atoms with Crippen LogP contribution in [0.1, 0.15) is 24.3 Å². The van der Waals surface area contributed by atoms with Gasteiger partial charge in [-0.1, -0.05) is 0 Å². The molecule has 3 unspecified atom stereocenters. The highest BCUT2D eigenvalue weighted by atomic mass is 19.1. The molecule has 2 fully saturated rings. The fraction of sp³-hybridized carbons (Fsp3) is 0.471. The number of anilines is 1. The van der Waals surface area contributed by atoms with Crippen molar-refractivity contribution in [2.75, 3.05) is 24.5 Å². The Kier molecular flexibility index (Phi) is 3.45. The molecule has 1 aromatic heterocycles. The van der Waals surface area contributed by atoms with Gasteiger partial charge in [0.15, 0.2) is 0 Å². The number of halogens is 2. The Bertz CT molecular complexity index is 629. The van der Waals surface area contributed by atoms with E-state index in [1.54, 1.807) is 6.20 Å². The standard InChI is InChI=1S/C17H19F2N3/c18-14-2-12(3-15(19)5-14)13-4-17(8-20-7-13)22-9-11-1-16(10-22)21-6-11/h2,4-5,7-8,11-12,16,21H,1,3,6,9-10H2. The summed E-state index contributed by atoms with van der Waals surface area (Å²) in [5.74, 6) is -0.484. The van der Waals surface area contributed by atoms with Crippen LogP contribution in [-0.4, -0.2) is 30.7 Å². The maximum absolute atomic E-state index is 13.5. The quantitative estimate of drug-likeness (QED) is 0.910. The Morgan fingerprint density at radius 2 is 2.14 bits per heavy atom. The summed E-state index contributed by atoms with van der Waals surface area (Å²) in [5, 5.41) is 3.53. The molecule has 1 aromatic rings. The van der Waals surface area contributed by atoms with Crippen molar-refractivity contribution < 1.29 is 8.78 Å². The number of pyridine rings is 1. The summed E-state index contributed by atoms with van der Waals surface area (Å²) >= 11 is 0. The molecule has 0 amide bonds. The fourth-order valence-corrected chi connectivity index (χ4v) is 3.80. The van der Waals surface area contributed by atoms with Gasteiger partial charge in [-0.25, -0.2) is 8.78 Å². The number of fused-ring (bicyclic) bond motifs is 2. The third kappa shape index (κ3) is 2.65. The SMILES string of the molecule is FC1=CC(c2cncc(N3CC4CNC(C4)C3)c2)CC(F)=C1. The van der Waals surface area contributed by atoms with Crippen molar-refractivity contribution in [2.24, 2.45) is 5.92 Å². The number of hydrogen-bond donors (Lipinski definition) is 1. The van der Waals surface area contributed by atoms with Crippen molar-refractivity contribution in [1.29, 1.82) is 0 Å². The Balaban J connectivity index is 1.57. The van der Waals surface area contributed by atoms with Crippen LogP contribution in [0.15, 0.2) is 42.3 Å². The molecule has 0 aromatic carbocycles. The van der Waals surface area contributed by atoms with Crippen LogP contribution in [0.2, 0.25) is 0 Å². The van der Waals surface area contributed by atoms with Gasteiger partial charge in [0.05, 0.1) is 11.9 Å². The molecular formula is C17H19F2N3. The van der Waals surface area contributed by atoms with Gasteiger partial charge >= 0.3 is 0 Å². The third-order valence-corrected chi connectivity index (χ3v) is 4.84. The van der Waals surface area contributed by atoms with E-state index in [4.69, 9.17) is 0 Å². The van der Waals surface area contributed by atoms with E-state index in [0.717, 1.165) is 37.0 Å². The van der Waals surface area contributed by atoms with Crippen LogP contribution in [0.25, 0.3) is 0 Å². The van der Waals surface area contributed by atoms with Crippen molar-refractivity contribution in [3.05, 3.63) is 47.8 Å². The zero-order valence-corrected chi connectivity index (χ0v) is 12.3. The van der Waals surface area contributed by atoms with Gasteiger partial charge in [-0.2, -0.15) is 0 Å². The van der Waals surface area contributed by atoms with E-state index in [1.165, 1.54) is 12.5 Å².